The van der Waals surface area contributed by atoms with Gasteiger partial charge in [0.2, 0.25) is 0 Å². The predicted molar refractivity (Wildman–Crippen MR) is 32.7 cm³/mol. The molecule has 0 bridgehead atoms. The lowest BCUT2D eigenvalue weighted by atomic mass is 10.2. The first-order chi connectivity index (χ1) is 3.80. The Hall–Kier alpha value is -0.690. The second-order valence-corrected chi connectivity index (χ2v) is 1.89. The lowest BCUT2D eigenvalue weighted by Crippen LogP contribution is -1.84. The van der Waals surface area contributed by atoms with Gasteiger partial charge in [-0.25, -0.2) is 12.1 Å². The molecular weight excluding hydrogens is 100 g/mol. The van der Waals surface area contributed by atoms with Crippen molar-refractivity contribution in [2.45, 2.75) is 13.0 Å². The fraction of sp³-hybridized carbons (Fsp3) is 0.286. The third-order valence-corrected chi connectivity index (χ3v) is 1.17. The van der Waals surface area contributed by atoms with Gasteiger partial charge in [-0.05, 0) is 6.92 Å². The summed E-state index contributed by atoms with van der Waals surface area (Å²) in [6.07, 6.45) is -0.315. The minimum atomic E-state index is -0.315. The Labute approximate surface area is 48.9 Å². The Kier molecular flexibility index (Phi) is 1.40. The maximum absolute atomic E-state index is 8.91. The summed E-state index contributed by atoms with van der Waals surface area (Å²) in [6, 6.07) is 7.65. The molecule has 0 aliphatic carbocycles. The van der Waals surface area contributed by atoms with E-state index in [1.165, 1.54) is 0 Å². The molecule has 0 unspecified atom stereocenters. The van der Waals surface area contributed by atoms with E-state index in [2.05, 4.69) is 0 Å². The summed E-state index contributed by atoms with van der Waals surface area (Å²) in [5.74, 6) is 0. The normalized spacial score (nSPS) is 13.8. The average molecular weight is 109 g/mol. The molecule has 0 aliphatic rings. The van der Waals surface area contributed by atoms with Crippen LogP contribution in [0.5, 0.6) is 0 Å². The Morgan fingerprint density at radius 1 is 1.38 bits per heavy atom. The van der Waals surface area contributed by atoms with Crippen molar-refractivity contribution >= 4 is 0 Å². The highest BCUT2D eigenvalue weighted by atomic mass is 16.3. The van der Waals surface area contributed by atoms with E-state index in [0.29, 0.717) is 0 Å². The highest BCUT2D eigenvalue weighted by molar-refractivity contribution is 5.17. The average Bonchev–Trinajstić information content (AvgIpc) is 2.12. The van der Waals surface area contributed by atoms with Crippen LogP contribution in [0.4, 0.5) is 0 Å². The first kappa shape index (κ1) is 5.45. The Morgan fingerprint density at radius 2 is 1.88 bits per heavy atom. The number of hydrogen-bond acceptors (Lipinski definition) is 1. The molecule has 0 saturated heterocycles. The van der Waals surface area contributed by atoms with Gasteiger partial charge in [0, 0.05) is 6.10 Å². The van der Waals surface area contributed by atoms with Crippen molar-refractivity contribution in [3.05, 3.63) is 29.8 Å². The minimum absolute atomic E-state index is 0.315. The summed E-state index contributed by atoms with van der Waals surface area (Å²) in [4.78, 5) is 0. The Bertz CT molecular complexity index is 139. The van der Waals surface area contributed by atoms with Crippen molar-refractivity contribution in [1.82, 2.24) is 0 Å². The highest BCUT2D eigenvalue weighted by Crippen LogP contribution is 2.10. The summed E-state index contributed by atoms with van der Waals surface area (Å²) in [5.41, 5.74) is 0.991. The van der Waals surface area contributed by atoms with Gasteiger partial charge < -0.3 is 5.11 Å². The van der Waals surface area contributed by atoms with Gasteiger partial charge in [-0.1, -0.05) is 0 Å². The molecule has 1 nitrogen and oxygen atoms in total. The molecule has 0 aromatic heterocycles. The Balaban J connectivity index is 2.77. The van der Waals surface area contributed by atoms with Gasteiger partial charge in [-0.15, -0.1) is 5.56 Å². The molecule has 0 radical (unpaired) electrons. The summed E-state index contributed by atoms with van der Waals surface area (Å²) < 4.78 is 0. The monoisotopic (exact) mass is 109 g/mol. The molecule has 44 valence electrons. The second-order valence-electron chi connectivity index (χ2n) is 1.89. The van der Waals surface area contributed by atoms with Gasteiger partial charge in [0.25, 0.3) is 0 Å². The second kappa shape index (κ2) is 2.05. The van der Waals surface area contributed by atoms with Crippen molar-refractivity contribution in [2.24, 2.45) is 0 Å². The van der Waals surface area contributed by atoms with Gasteiger partial charge in [-0.2, -0.15) is 12.1 Å². The zero-order chi connectivity index (χ0) is 5.98. The zero-order valence-electron chi connectivity index (χ0n) is 4.83. The van der Waals surface area contributed by atoms with Gasteiger partial charge in [0.15, 0.2) is 0 Å². The SMILES string of the molecule is C[C@H](O)[c-]1cccc1. The van der Waals surface area contributed by atoms with Crippen LogP contribution in [0.15, 0.2) is 24.3 Å². The molecular formula is C7H9O-. The first-order valence-corrected chi connectivity index (χ1v) is 2.70. The number of hydrogen-bond donors (Lipinski definition) is 1. The topological polar surface area (TPSA) is 20.2 Å². The van der Waals surface area contributed by atoms with Crippen molar-refractivity contribution in [3.63, 3.8) is 0 Å². The van der Waals surface area contributed by atoms with Crippen LogP contribution in [-0.4, -0.2) is 5.11 Å². The van der Waals surface area contributed by atoms with Crippen LogP contribution in [0.3, 0.4) is 0 Å². The summed E-state index contributed by atoms with van der Waals surface area (Å²) >= 11 is 0. The van der Waals surface area contributed by atoms with Crippen molar-refractivity contribution in [3.8, 4) is 0 Å². The van der Waals surface area contributed by atoms with E-state index in [1.807, 2.05) is 24.3 Å². The molecule has 1 aromatic carbocycles. The molecule has 1 atom stereocenters. The number of aliphatic hydroxyl groups excluding tert-OH is 1. The maximum Gasteiger partial charge on any atom is 0.0322 e. The maximum atomic E-state index is 8.91. The van der Waals surface area contributed by atoms with Crippen LogP contribution in [-0.2, 0) is 0 Å². The predicted octanol–water partition coefficient (Wildman–Crippen LogP) is 1.46. The molecule has 1 rings (SSSR count). The quantitative estimate of drug-likeness (QED) is 0.541. The summed E-state index contributed by atoms with van der Waals surface area (Å²) in [5, 5.41) is 8.91. The van der Waals surface area contributed by atoms with E-state index in [0.717, 1.165) is 5.56 Å². The first-order valence-electron chi connectivity index (χ1n) is 2.70. The van der Waals surface area contributed by atoms with Gasteiger partial charge in [0.1, 0.15) is 0 Å². The largest absolute Gasteiger partial charge is 0.401 e. The molecule has 0 fully saturated rings. The lowest BCUT2D eigenvalue weighted by molar-refractivity contribution is 0.199. The standard InChI is InChI=1S/C7H9O/c1-6(8)7-4-2-3-5-7/h2-6,8H,1H3/q-1/t6-/m0/s1. The fourth-order valence-electron chi connectivity index (χ4n) is 0.667. The van der Waals surface area contributed by atoms with E-state index >= 15 is 0 Å². The van der Waals surface area contributed by atoms with Crippen LogP contribution in [0.25, 0.3) is 0 Å². The highest BCUT2D eigenvalue weighted by Gasteiger charge is 1.88. The summed E-state index contributed by atoms with van der Waals surface area (Å²) in [6.45, 7) is 1.76. The van der Waals surface area contributed by atoms with Crippen LogP contribution < -0.4 is 0 Å². The molecule has 1 N–H and O–H groups in total. The zero-order valence-corrected chi connectivity index (χ0v) is 4.83. The van der Waals surface area contributed by atoms with Gasteiger partial charge >= 0.3 is 0 Å². The van der Waals surface area contributed by atoms with Gasteiger partial charge in [-0.3, -0.25) is 0 Å². The lowest BCUT2D eigenvalue weighted by Gasteiger charge is -2.03. The molecule has 0 aliphatic heterocycles. The van der Waals surface area contributed by atoms with Crippen LogP contribution in [0.1, 0.15) is 18.6 Å². The van der Waals surface area contributed by atoms with Crippen molar-refractivity contribution < 1.29 is 5.11 Å². The summed E-state index contributed by atoms with van der Waals surface area (Å²) in [7, 11) is 0. The molecule has 0 saturated carbocycles. The smallest absolute Gasteiger partial charge is 0.0322 e. The fourth-order valence-corrected chi connectivity index (χ4v) is 0.667. The van der Waals surface area contributed by atoms with Crippen LogP contribution in [0.2, 0.25) is 0 Å². The molecule has 0 heterocycles. The van der Waals surface area contributed by atoms with E-state index in [9.17, 15) is 0 Å². The van der Waals surface area contributed by atoms with Crippen molar-refractivity contribution in [2.75, 3.05) is 0 Å². The molecule has 0 spiro atoms. The Morgan fingerprint density at radius 3 is 2.12 bits per heavy atom. The van der Waals surface area contributed by atoms with Crippen LogP contribution >= 0.6 is 0 Å². The van der Waals surface area contributed by atoms with E-state index in [-0.39, 0.29) is 6.10 Å². The third kappa shape index (κ3) is 0.928. The number of rotatable bonds is 1. The van der Waals surface area contributed by atoms with E-state index in [4.69, 9.17) is 5.11 Å². The van der Waals surface area contributed by atoms with Crippen molar-refractivity contribution in [1.29, 1.82) is 0 Å². The molecule has 1 aromatic rings. The number of aliphatic hydroxyl groups is 1. The van der Waals surface area contributed by atoms with Crippen LogP contribution in [0, 0.1) is 0 Å². The third-order valence-electron chi connectivity index (χ3n) is 1.17. The minimum Gasteiger partial charge on any atom is -0.401 e. The van der Waals surface area contributed by atoms with E-state index in [1.54, 1.807) is 6.92 Å². The molecule has 8 heavy (non-hydrogen) atoms. The molecule has 0 amide bonds. The van der Waals surface area contributed by atoms with E-state index < -0.39 is 0 Å². The van der Waals surface area contributed by atoms with Gasteiger partial charge in [0.05, 0.1) is 0 Å². The molecule has 1 heteroatoms.